The lowest BCUT2D eigenvalue weighted by atomic mass is 10.1. The summed E-state index contributed by atoms with van der Waals surface area (Å²) in [7, 11) is 0. The van der Waals surface area contributed by atoms with Gasteiger partial charge in [-0.3, -0.25) is 4.79 Å². The van der Waals surface area contributed by atoms with Gasteiger partial charge in [-0.15, -0.1) is 11.3 Å². The van der Waals surface area contributed by atoms with Crippen LogP contribution < -0.4 is 0 Å². The van der Waals surface area contributed by atoms with Gasteiger partial charge in [0.2, 0.25) is 0 Å². The number of hydrogen-bond acceptors (Lipinski definition) is 3. The van der Waals surface area contributed by atoms with Gasteiger partial charge in [0, 0.05) is 13.1 Å². The second-order valence-electron chi connectivity index (χ2n) is 3.49. The molecule has 1 fully saturated rings. The molecule has 2 heterocycles. The first-order valence-corrected chi connectivity index (χ1v) is 5.64. The molecule has 1 aliphatic rings. The number of aliphatic hydroxyl groups is 1. The molecule has 1 aromatic heterocycles. The maximum Gasteiger partial charge on any atom is 0.264 e. The molecule has 1 saturated heterocycles. The van der Waals surface area contributed by atoms with E-state index in [9.17, 15) is 4.79 Å². The van der Waals surface area contributed by atoms with Gasteiger partial charge in [-0.2, -0.15) is 0 Å². The highest BCUT2D eigenvalue weighted by molar-refractivity contribution is 7.12. The lowest BCUT2D eigenvalue weighted by Crippen LogP contribution is -2.53. The van der Waals surface area contributed by atoms with Crippen molar-refractivity contribution in [2.75, 3.05) is 13.1 Å². The van der Waals surface area contributed by atoms with Crippen molar-refractivity contribution < 1.29 is 9.90 Å². The number of amides is 1. The normalized spacial score (nSPS) is 16.9. The highest BCUT2D eigenvalue weighted by Crippen LogP contribution is 2.22. The molecule has 1 aliphatic heterocycles. The van der Waals surface area contributed by atoms with Gasteiger partial charge in [-0.05, 0) is 23.4 Å². The molecule has 0 aliphatic carbocycles. The fourth-order valence-electron chi connectivity index (χ4n) is 1.57. The number of aryl methyl sites for hydroxylation is 1. The van der Waals surface area contributed by atoms with Gasteiger partial charge in [0.05, 0.1) is 11.0 Å². The summed E-state index contributed by atoms with van der Waals surface area (Å²) < 4.78 is 0. The molecule has 3 nitrogen and oxygen atoms in total. The summed E-state index contributed by atoms with van der Waals surface area (Å²) in [4.78, 5) is 14.4. The lowest BCUT2D eigenvalue weighted by molar-refractivity contribution is 0.00616. The Morgan fingerprint density at radius 3 is 3.00 bits per heavy atom. The third-order valence-electron chi connectivity index (χ3n) is 2.47. The van der Waals surface area contributed by atoms with Gasteiger partial charge in [-0.1, -0.05) is 6.92 Å². The molecular weight excluding hydrogens is 198 g/mol. The monoisotopic (exact) mass is 211 g/mol. The smallest absolute Gasteiger partial charge is 0.264 e. The molecule has 0 atom stereocenters. The molecule has 0 aromatic carbocycles. The quantitative estimate of drug-likeness (QED) is 0.796. The first-order chi connectivity index (χ1) is 6.72. The summed E-state index contributed by atoms with van der Waals surface area (Å²) in [6.45, 7) is 3.02. The van der Waals surface area contributed by atoms with E-state index < -0.39 is 0 Å². The molecule has 2 rings (SSSR count). The molecule has 4 heteroatoms. The van der Waals surface area contributed by atoms with Gasteiger partial charge >= 0.3 is 0 Å². The Morgan fingerprint density at radius 2 is 2.43 bits per heavy atom. The van der Waals surface area contributed by atoms with Crippen LogP contribution in [-0.4, -0.2) is 35.1 Å². The minimum Gasteiger partial charge on any atom is -0.389 e. The van der Waals surface area contributed by atoms with E-state index in [1.54, 1.807) is 4.90 Å². The number of rotatable bonds is 2. The molecule has 0 radical (unpaired) electrons. The number of hydrogen-bond donors (Lipinski definition) is 1. The van der Waals surface area contributed by atoms with Crippen LogP contribution in [0.1, 0.15) is 22.2 Å². The molecule has 1 N–H and O–H groups in total. The Labute approximate surface area is 87.0 Å². The number of thiophene rings is 1. The van der Waals surface area contributed by atoms with Crippen molar-refractivity contribution in [3.05, 3.63) is 21.9 Å². The molecule has 14 heavy (non-hydrogen) atoms. The largest absolute Gasteiger partial charge is 0.389 e. The van der Waals surface area contributed by atoms with Crippen molar-refractivity contribution in [3.8, 4) is 0 Å². The van der Waals surface area contributed by atoms with Crippen molar-refractivity contribution in [3.63, 3.8) is 0 Å². The van der Waals surface area contributed by atoms with Gasteiger partial charge in [0.25, 0.3) is 5.91 Å². The fraction of sp³-hybridized carbons (Fsp3) is 0.500. The van der Waals surface area contributed by atoms with Crippen LogP contribution >= 0.6 is 11.3 Å². The molecule has 76 valence electrons. The van der Waals surface area contributed by atoms with Crippen molar-refractivity contribution in [2.24, 2.45) is 0 Å². The van der Waals surface area contributed by atoms with Crippen molar-refractivity contribution in [1.29, 1.82) is 0 Å². The van der Waals surface area contributed by atoms with E-state index in [0.717, 1.165) is 16.9 Å². The van der Waals surface area contributed by atoms with Crippen molar-refractivity contribution >= 4 is 17.2 Å². The van der Waals surface area contributed by atoms with Crippen LogP contribution in [-0.2, 0) is 6.42 Å². The number of carbonyl (C=O) groups is 1. The predicted molar refractivity (Wildman–Crippen MR) is 55.6 cm³/mol. The Bertz CT molecular complexity index is 342. The maximum atomic E-state index is 11.8. The van der Waals surface area contributed by atoms with E-state index in [4.69, 9.17) is 5.11 Å². The van der Waals surface area contributed by atoms with Crippen molar-refractivity contribution in [1.82, 2.24) is 4.90 Å². The molecule has 1 aromatic rings. The fourth-order valence-corrected chi connectivity index (χ4v) is 2.53. The highest BCUT2D eigenvalue weighted by Gasteiger charge is 2.30. The number of likely N-dealkylation sites (tertiary alicyclic amines) is 1. The number of nitrogens with zero attached hydrogens (tertiary/aromatic N) is 1. The van der Waals surface area contributed by atoms with Crippen molar-refractivity contribution in [2.45, 2.75) is 19.4 Å². The second-order valence-corrected chi connectivity index (χ2v) is 4.41. The topological polar surface area (TPSA) is 40.5 Å². The average Bonchev–Trinajstić information content (AvgIpc) is 2.59. The SMILES string of the molecule is CCc1ccsc1C(=O)N1CC(O)C1. The zero-order chi connectivity index (χ0) is 10.1. The first kappa shape index (κ1) is 9.68. The first-order valence-electron chi connectivity index (χ1n) is 4.76. The van der Waals surface area contributed by atoms with Crippen LogP contribution in [0.3, 0.4) is 0 Å². The molecule has 1 amide bonds. The van der Waals surface area contributed by atoms with Gasteiger partial charge in [-0.25, -0.2) is 0 Å². The summed E-state index contributed by atoms with van der Waals surface area (Å²) >= 11 is 1.49. The Morgan fingerprint density at radius 1 is 1.71 bits per heavy atom. The zero-order valence-corrected chi connectivity index (χ0v) is 8.88. The van der Waals surface area contributed by atoms with Crippen LogP contribution in [0.15, 0.2) is 11.4 Å². The summed E-state index contributed by atoms with van der Waals surface area (Å²) in [5.74, 6) is 0.0714. The van der Waals surface area contributed by atoms with Crippen LogP contribution in [0.5, 0.6) is 0 Å². The summed E-state index contributed by atoms with van der Waals surface area (Å²) in [5, 5.41) is 11.0. The summed E-state index contributed by atoms with van der Waals surface area (Å²) in [6.07, 6.45) is 0.574. The lowest BCUT2D eigenvalue weighted by Gasteiger charge is -2.35. The minimum atomic E-state index is -0.316. The summed E-state index contributed by atoms with van der Waals surface area (Å²) in [5.41, 5.74) is 1.11. The summed E-state index contributed by atoms with van der Waals surface area (Å²) in [6, 6.07) is 1.99. The van der Waals surface area contributed by atoms with Crippen LogP contribution in [0.4, 0.5) is 0 Å². The average molecular weight is 211 g/mol. The third kappa shape index (κ3) is 1.55. The van der Waals surface area contributed by atoms with E-state index in [2.05, 4.69) is 0 Å². The minimum absolute atomic E-state index is 0.0714. The van der Waals surface area contributed by atoms with E-state index in [-0.39, 0.29) is 12.0 Å². The van der Waals surface area contributed by atoms with Crippen LogP contribution in [0.2, 0.25) is 0 Å². The van der Waals surface area contributed by atoms with Gasteiger partial charge < -0.3 is 10.0 Å². The second kappa shape index (κ2) is 3.71. The molecule has 0 bridgehead atoms. The Hall–Kier alpha value is -0.870. The molecule has 0 saturated carbocycles. The number of β-amino-alcohol motifs (C(OH)–C–C–N with tert-alkyl or cyclic N) is 1. The van der Waals surface area contributed by atoms with E-state index in [1.807, 2.05) is 18.4 Å². The highest BCUT2D eigenvalue weighted by atomic mass is 32.1. The van der Waals surface area contributed by atoms with E-state index in [1.165, 1.54) is 11.3 Å². The number of aliphatic hydroxyl groups excluding tert-OH is 1. The predicted octanol–water partition coefficient (Wildman–Crippen LogP) is 1.13. The molecule has 0 spiro atoms. The van der Waals surface area contributed by atoms with Crippen LogP contribution in [0, 0.1) is 0 Å². The zero-order valence-electron chi connectivity index (χ0n) is 8.06. The standard InChI is InChI=1S/C10H13NO2S/c1-2-7-3-4-14-9(7)10(13)11-5-8(12)6-11/h3-4,8,12H,2,5-6H2,1H3. The Balaban J connectivity index is 2.11. The molecular formula is C10H13NO2S. The molecule has 0 unspecified atom stereocenters. The van der Waals surface area contributed by atoms with Gasteiger partial charge in [0.15, 0.2) is 0 Å². The van der Waals surface area contributed by atoms with E-state index >= 15 is 0 Å². The van der Waals surface area contributed by atoms with Gasteiger partial charge in [0.1, 0.15) is 0 Å². The van der Waals surface area contributed by atoms with Crippen LogP contribution in [0.25, 0.3) is 0 Å². The third-order valence-corrected chi connectivity index (χ3v) is 3.42. The van der Waals surface area contributed by atoms with E-state index in [0.29, 0.717) is 13.1 Å². The number of carbonyl (C=O) groups excluding carboxylic acids is 1. The Kier molecular flexibility index (Phi) is 2.56. The maximum absolute atomic E-state index is 11.8.